The zero-order valence-corrected chi connectivity index (χ0v) is 17.1. The number of rotatable bonds is 8. The van der Waals surface area contributed by atoms with Crippen molar-refractivity contribution in [2.75, 3.05) is 19.0 Å². The number of amides is 1. The molecule has 0 radical (unpaired) electrons. The lowest BCUT2D eigenvalue weighted by atomic mass is 9.96. The van der Waals surface area contributed by atoms with E-state index in [0.29, 0.717) is 23.1 Å². The highest BCUT2D eigenvalue weighted by molar-refractivity contribution is 6.15. The third kappa shape index (κ3) is 4.06. The Morgan fingerprint density at radius 2 is 1.63 bits per heavy atom. The van der Waals surface area contributed by atoms with Crippen molar-refractivity contribution in [1.82, 2.24) is 5.32 Å². The Hall–Kier alpha value is -3.22. The summed E-state index contributed by atoms with van der Waals surface area (Å²) in [7, 11) is 3.42. The molecule has 1 amide bonds. The minimum absolute atomic E-state index is 0.143. The summed E-state index contributed by atoms with van der Waals surface area (Å²) in [5.74, 6) is 0.446. The van der Waals surface area contributed by atoms with E-state index in [1.54, 1.807) is 55.4 Å². The third-order valence-corrected chi connectivity index (χ3v) is 5.89. The van der Waals surface area contributed by atoms with E-state index >= 15 is 0 Å². The Labute approximate surface area is 175 Å². The smallest absolute Gasteiger partial charge is 0.293 e. The fourth-order valence-electron chi connectivity index (χ4n) is 3.98. The van der Waals surface area contributed by atoms with E-state index < -0.39 is 10.7 Å². The Morgan fingerprint density at radius 1 is 1.03 bits per heavy atom. The van der Waals surface area contributed by atoms with E-state index in [-0.39, 0.29) is 28.8 Å². The molecule has 0 heterocycles. The van der Waals surface area contributed by atoms with Crippen molar-refractivity contribution >= 4 is 23.1 Å². The number of nitrogens with zero attached hydrogens (tertiary/aromatic N) is 2. The molecule has 2 fully saturated rings. The van der Waals surface area contributed by atoms with Crippen LogP contribution < -0.4 is 10.2 Å². The average Bonchev–Trinajstić information content (AvgIpc) is 3.64. The topological polar surface area (TPSA) is 92.6 Å². The van der Waals surface area contributed by atoms with Crippen molar-refractivity contribution in [2.24, 2.45) is 11.8 Å². The second-order valence-electron chi connectivity index (χ2n) is 8.40. The molecule has 0 atom stereocenters. The number of ketones is 1. The molecule has 4 rings (SSSR count). The second-order valence-corrected chi connectivity index (χ2v) is 8.40. The van der Waals surface area contributed by atoms with Crippen molar-refractivity contribution in [3.8, 4) is 0 Å². The number of hydrogen-bond acceptors (Lipinski definition) is 5. The molecule has 2 aromatic carbocycles. The van der Waals surface area contributed by atoms with Gasteiger partial charge < -0.3 is 10.2 Å². The van der Waals surface area contributed by atoms with Gasteiger partial charge in [0, 0.05) is 37.3 Å². The summed E-state index contributed by atoms with van der Waals surface area (Å²) in [6.45, 7) is 0. The maximum Gasteiger partial charge on any atom is 0.293 e. The number of nitro benzene ring substituents is 1. The fraction of sp³-hybridized carbons (Fsp3) is 0.391. The monoisotopic (exact) mass is 407 g/mol. The summed E-state index contributed by atoms with van der Waals surface area (Å²) in [5, 5.41) is 14.6. The van der Waals surface area contributed by atoms with E-state index in [9.17, 15) is 19.7 Å². The van der Waals surface area contributed by atoms with Gasteiger partial charge in [0.1, 0.15) is 5.69 Å². The predicted octanol–water partition coefficient (Wildman–Crippen LogP) is 3.81. The molecule has 30 heavy (non-hydrogen) atoms. The summed E-state index contributed by atoms with van der Waals surface area (Å²) in [5.41, 5.74) is 1.03. The number of carbonyl (C=O) groups is 2. The Kier molecular flexibility index (Phi) is 5.28. The number of nitro groups is 1. The molecular formula is C23H25N3O4. The Bertz CT molecular complexity index is 997. The molecule has 0 unspecified atom stereocenters. The van der Waals surface area contributed by atoms with Gasteiger partial charge in [0.15, 0.2) is 5.78 Å². The molecule has 2 aliphatic rings. The van der Waals surface area contributed by atoms with Crippen LogP contribution >= 0.6 is 0 Å². The zero-order chi connectivity index (χ0) is 21.4. The highest BCUT2D eigenvalue weighted by atomic mass is 16.6. The summed E-state index contributed by atoms with van der Waals surface area (Å²) in [6.07, 6.45) is 4.57. The van der Waals surface area contributed by atoms with Crippen LogP contribution in [0.4, 0.5) is 11.4 Å². The first-order valence-corrected chi connectivity index (χ1v) is 10.3. The van der Waals surface area contributed by atoms with Crippen LogP contribution in [0.3, 0.4) is 0 Å². The van der Waals surface area contributed by atoms with E-state index in [1.807, 2.05) is 0 Å². The van der Waals surface area contributed by atoms with Crippen LogP contribution in [-0.4, -0.2) is 36.8 Å². The molecule has 156 valence electrons. The molecule has 0 saturated heterocycles. The quantitative estimate of drug-likeness (QED) is 0.408. The van der Waals surface area contributed by atoms with Crippen LogP contribution in [0.1, 0.15) is 52.0 Å². The predicted molar refractivity (Wildman–Crippen MR) is 114 cm³/mol. The van der Waals surface area contributed by atoms with Gasteiger partial charge in [-0.05, 0) is 55.7 Å². The van der Waals surface area contributed by atoms with Gasteiger partial charge in [0.2, 0.25) is 0 Å². The van der Waals surface area contributed by atoms with Gasteiger partial charge in [-0.3, -0.25) is 19.7 Å². The van der Waals surface area contributed by atoms with Gasteiger partial charge in [0.05, 0.1) is 10.5 Å². The number of benzene rings is 2. The van der Waals surface area contributed by atoms with Gasteiger partial charge in [0.25, 0.3) is 11.6 Å². The molecule has 2 aliphatic carbocycles. The van der Waals surface area contributed by atoms with E-state index in [1.165, 1.54) is 6.07 Å². The molecule has 2 saturated carbocycles. The normalized spacial score (nSPS) is 15.7. The zero-order valence-electron chi connectivity index (χ0n) is 17.1. The first kappa shape index (κ1) is 20.1. The molecule has 0 spiro atoms. The van der Waals surface area contributed by atoms with Gasteiger partial charge in [-0.2, -0.15) is 0 Å². The third-order valence-electron chi connectivity index (χ3n) is 5.89. The van der Waals surface area contributed by atoms with Crippen molar-refractivity contribution < 1.29 is 14.5 Å². The summed E-state index contributed by atoms with van der Waals surface area (Å²) in [6, 6.07) is 11.3. The van der Waals surface area contributed by atoms with Gasteiger partial charge in [-0.1, -0.05) is 18.2 Å². The Balaban J connectivity index is 1.63. The first-order valence-electron chi connectivity index (χ1n) is 10.3. The number of anilines is 1. The Morgan fingerprint density at radius 3 is 2.17 bits per heavy atom. The van der Waals surface area contributed by atoms with E-state index in [0.717, 1.165) is 25.7 Å². The van der Waals surface area contributed by atoms with Gasteiger partial charge >= 0.3 is 0 Å². The molecule has 7 nitrogen and oxygen atoms in total. The SMILES string of the molecule is CN(C)c1ccc(C(=O)c2ccccc2C(=O)NC(C2CC2)C2CC2)cc1[N+](=O)[O-]. The van der Waals surface area contributed by atoms with Crippen LogP contribution in [0.5, 0.6) is 0 Å². The molecule has 0 bridgehead atoms. The van der Waals surface area contributed by atoms with Gasteiger partial charge in [-0.25, -0.2) is 0 Å². The molecule has 0 aliphatic heterocycles. The van der Waals surface area contributed by atoms with Crippen LogP contribution in [0.15, 0.2) is 42.5 Å². The van der Waals surface area contributed by atoms with Gasteiger partial charge in [-0.15, -0.1) is 0 Å². The molecular weight excluding hydrogens is 382 g/mol. The van der Waals surface area contributed by atoms with Crippen LogP contribution in [0.2, 0.25) is 0 Å². The maximum absolute atomic E-state index is 13.2. The lowest BCUT2D eigenvalue weighted by molar-refractivity contribution is -0.384. The number of nitrogens with one attached hydrogen (secondary N) is 1. The van der Waals surface area contributed by atoms with Crippen molar-refractivity contribution in [3.05, 3.63) is 69.3 Å². The molecule has 0 aromatic heterocycles. The van der Waals surface area contributed by atoms with Crippen molar-refractivity contribution in [3.63, 3.8) is 0 Å². The largest absolute Gasteiger partial charge is 0.372 e. The van der Waals surface area contributed by atoms with Crippen LogP contribution in [0, 0.1) is 22.0 Å². The fourth-order valence-corrected chi connectivity index (χ4v) is 3.98. The van der Waals surface area contributed by atoms with Crippen molar-refractivity contribution in [1.29, 1.82) is 0 Å². The minimum atomic E-state index is -0.499. The van der Waals surface area contributed by atoms with Crippen LogP contribution in [-0.2, 0) is 0 Å². The van der Waals surface area contributed by atoms with E-state index in [4.69, 9.17) is 0 Å². The standard InChI is InChI=1S/C23H25N3O4/c1-25(2)19-12-11-16(13-20(19)26(29)30)22(27)17-5-3-4-6-18(17)23(28)24-21(14-7-8-14)15-9-10-15/h3-6,11-15,21H,7-10H2,1-2H3,(H,24,28). The number of hydrogen-bond donors (Lipinski definition) is 1. The summed E-state index contributed by atoms with van der Waals surface area (Å²) in [4.78, 5) is 38.8. The molecule has 2 aromatic rings. The van der Waals surface area contributed by atoms with Crippen molar-refractivity contribution in [2.45, 2.75) is 31.7 Å². The highest BCUT2D eigenvalue weighted by Crippen LogP contribution is 2.44. The lowest BCUT2D eigenvalue weighted by Gasteiger charge is -2.19. The second kappa shape index (κ2) is 7.89. The van der Waals surface area contributed by atoms with E-state index in [2.05, 4.69) is 5.32 Å². The first-order chi connectivity index (χ1) is 14.4. The summed E-state index contributed by atoms with van der Waals surface area (Å²) < 4.78 is 0. The minimum Gasteiger partial charge on any atom is -0.372 e. The average molecular weight is 407 g/mol. The summed E-state index contributed by atoms with van der Waals surface area (Å²) >= 11 is 0. The molecule has 1 N–H and O–H groups in total. The lowest BCUT2D eigenvalue weighted by Crippen LogP contribution is -2.38. The molecule has 7 heteroatoms. The highest BCUT2D eigenvalue weighted by Gasteiger charge is 2.42. The maximum atomic E-state index is 13.2. The number of carbonyl (C=O) groups excluding carboxylic acids is 2. The van der Waals surface area contributed by atoms with Crippen LogP contribution in [0.25, 0.3) is 0 Å².